The van der Waals surface area contributed by atoms with Crippen LogP contribution >= 0.6 is 38.9 Å². The number of nitrogens with zero attached hydrogens (tertiary/aromatic N) is 1. The normalized spacial score (nSPS) is 14.3. The molecule has 0 radical (unpaired) electrons. The van der Waals surface area contributed by atoms with E-state index in [1.807, 2.05) is 0 Å². The number of benzene rings is 2. The van der Waals surface area contributed by atoms with E-state index in [1.54, 1.807) is 48.5 Å². The fraction of sp³-hybridized carbons (Fsp3) is 0.280. The molecule has 0 bridgehead atoms. The predicted octanol–water partition coefficient (Wildman–Crippen LogP) is 5.08. The SMILES string of the molecule is O=C(O)COc1c(C(=O)O)sc(-c2cccc(N(C3CCNCC3)S(=O)(=O)Cc3cccc(Cl)c3)c2)c1Br. The van der Waals surface area contributed by atoms with E-state index in [2.05, 4.69) is 21.2 Å². The topological polar surface area (TPSA) is 133 Å². The lowest BCUT2D eigenvalue weighted by molar-refractivity contribution is -0.139. The van der Waals surface area contributed by atoms with Gasteiger partial charge in [0.25, 0.3) is 0 Å². The van der Waals surface area contributed by atoms with Gasteiger partial charge in [-0.05, 0) is 77.3 Å². The van der Waals surface area contributed by atoms with Crippen molar-refractivity contribution in [3.63, 3.8) is 0 Å². The minimum atomic E-state index is -3.83. The summed E-state index contributed by atoms with van der Waals surface area (Å²) in [6, 6.07) is 13.3. The Labute approximate surface area is 237 Å². The summed E-state index contributed by atoms with van der Waals surface area (Å²) in [6.07, 6.45) is 1.25. The first kappa shape index (κ1) is 28.4. The van der Waals surface area contributed by atoms with Crippen LogP contribution in [0.3, 0.4) is 0 Å². The number of aromatic carboxylic acids is 1. The molecule has 202 valence electrons. The second kappa shape index (κ2) is 12.0. The number of piperidine rings is 1. The van der Waals surface area contributed by atoms with Crippen molar-refractivity contribution < 1.29 is 33.0 Å². The zero-order chi connectivity index (χ0) is 27.4. The van der Waals surface area contributed by atoms with Crippen molar-refractivity contribution in [1.29, 1.82) is 0 Å². The second-order valence-corrected chi connectivity index (χ2v) is 12.7. The number of sulfonamides is 1. The van der Waals surface area contributed by atoms with Crippen molar-refractivity contribution in [1.82, 2.24) is 5.32 Å². The predicted molar refractivity (Wildman–Crippen MR) is 150 cm³/mol. The van der Waals surface area contributed by atoms with Crippen molar-refractivity contribution in [3.8, 4) is 16.2 Å². The van der Waals surface area contributed by atoms with Crippen LogP contribution in [0.2, 0.25) is 5.02 Å². The maximum atomic E-state index is 13.8. The molecule has 3 N–H and O–H groups in total. The Hall–Kier alpha value is -2.64. The molecule has 13 heteroatoms. The molecule has 2 aromatic carbocycles. The standard InChI is InChI=1S/C25H24BrClN2O7S2/c26-21-22(36-13-20(30)31)24(25(32)33)37-23(21)16-4-2-6-19(12-16)29(18-7-9-28-10-8-18)38(34,35)14-15-3-1-5-17(27)11-15/h1-6,11-12,18,28H,7-10,13-14H2,(H,30,31)(H,32,33). The Morgan fingerprint density at radius 3 is 2.50 bits per heavy atom. The highest BCUT2D eigenvalue weighted by atomic mass is 79.9. The molecule has 2 heterocycles. The Morgan fingerprint density at radius 2 is 1.84 bits per heavy atom. The number of halogens is 2. The summed E-state index contributed by atoms with van der Waals surface area (Å²) in [5.41, 5.74) is 1.57. The molecule has 1 aliphatic rings. The maximum Gasteiger partial charge on any atom is 0.349 e. The first-order chi connectivity index (χ1) is 18.1. The van der Waals surface area contributed by atoms with Crippen LogP contribution in [0.4, 0.5) is 5.69 Å². The lowest BCUT2D eigenvalue weighted by Gasteiger charge is -2.35. The van der Waals surface area contributed by atoms with Gasteiger partial charge in [0, 0.05) is 11.1 Å². The smallest absolute Gasteiger partial charge is 0.349 e. The lowest BCUT2D eigenvalue weighted by atomic mass is 10.1. The van der Waals surface area contributed by atoms with E-state index in [0.717, 1.165) is 11.3 Å². The third-order valence-corrected chi connectivity index (χ3v) is 10.2. The fourth-order valence-corrected chi connectivity index (χ4v) is 8.26. The average molecular weight is 644 g/mol. The molecule has 1 saturated heterocycles. The first-order valence-corrected chi connectivity index (χ1v) is 15.1. The van der Waals surface area contributed by atoms with E-state index in [4.69, 9.17) is 21.4 Å². The van der Waals surface area contributed by atoms with Gasteiger partial charge in [0.2, 0.25) is 10.0 Å². The largest absolute Gasteiger partial charge is 0.479 e. The Balaban J connectivity index is 1.76. The minimum Gasteiger partial charge on any atom is -0.479 e. The quantitative estimate of drug-likeness (QED) is 0.279. The van der Waals surface area contributed by atoms with Crippen molar-refractivity contribution in [2.75, 3.05) is 24.0 Å². The molecule has 0 unspecified atom stereocenters. The van der Waals surface area contributed by atoms with Crippen LogP contribution in [0.15, 0.2) is 53.0 Å². The number of anilines is 1. The number of rotatable bonds is 10. The average Bonchev–Trinajstić information content (AvgIpc) is 3.19. The molecule has 0 spiro atoms. The van der Waals surface area contributed by atoms with Gasteiger partial charge in [-0.3, -0.25) is 4.31 Å². The van der Waals surface area contributed by atoms with Crippen LogP contribution in [-0.2, 0) is 20.6 Å². The monoisotopic (exact) mass is 642 g/mol. The summed E-state index contributed by atoms with van der Waals surface area (Å²) in [6.45, 7) is 0.646. The van der Waals surface area contributed by atoms with Crippen molar-refractivity contribution in [3.05, 3.63) is 68.5 Å². The molecule has 1 aromatic heterocycles. The number of aliphatic carboxylic acids is 1. The van der Waals surface area contributed by atoms with E-state index < -0.39 is 28.6 Å². The van der Waals surface area contributed by atoms with Crippen LogP contribution < -0.4 is 14.4 Å². The summed E-state index contributed by atoms with van der Waals surface area (Å²) in [4.78, 5) is 23.1. The molecule has 1 aliphatic heterocycles. The highest BCUT2D eigenvalue weighted by Crippen LogP contribution is 2.46. The molecular formula is C25H24BrClN2O7S2. The van der Waals surface area contributed by atoms with Gasteiger partial charge in [-0.1, -0.05) is 35.9 Å². The van der Waals surface area contributed by atoms with Crippen LogP contribution in [0, 0.1) is 0 Å². The van der Waals surface area contributed by atoms with Crippen LogP contribution in [0.1, 0.15) is 28.1 Å². The molecule has 9 nitrogen and oxygen atoms in total. The van der Waals surface area contributed by atoms with Crippen molar-refractivity contribution in [2.45, 2.75) is 24.6 Å². The Morgan fingerprint density at radius 1 is 1.13 bits per heavy atom. The molecule has 0 amide bonds. The van der Waals surface area contributed by atoms with Crippen LogP contribution in [-0.4, -0.2) is 56.3 Å². The molecule has 3 aromatic rings. The zero-order valence-electron chi connectivity index (χ0n) is 19.9. The van der Waals surface area contributed by atoms with Gasteiger partial charge in [-0.15, -0.1) is 11.3 Å². The van der Waals surface area contributed by atoms with Crippen LogP contribution in [0.25, 0.3) is 10.4 Å². The number of hydrogen-bond acceptors (Lipinski definition) is 7. The van der Waals surface area contributed by atoms with Gasteiger partial charge >= 0.3 is 11.9 Å². The van der Waals surface area contributed by atoms with Gasteiger partial charge in [-0.2, -0.15) is 0 Å². The van der Waals surface area contributed by atoms with Crippen molar-refractivity contribution >= 4 is 66.5 Å². The van der Waals surface area contributed by atoms with Gasteiger partial charge in [0.05, 0.1) is 20.8 Å². The molecule has 4 rings (SSSR count). The fourth-order valence-electron chi connectivity index (χ4n) is 4.32. The number of hydrogen-bond donors (Lipinski definition) is 3. The van der Waals surface area contributed by atoms with E-state index in [-0.39, 0.29) is 26.9 Å². The highest BCUT2D eigenvalue weighted by molar-refractivity contribution is 9.10. The van der Waals surface area contributed by atoms with Gasteiger partial charge in [0.15, 0.2) is 17.2 Å². The summed E-state index contributed by atoms with van der Waals surface area (Å²) >= 11 is 10.4. The maximum absolute atomic E-state index is 13.8. The molecule has 0 saturated carbocycles. The zero-order valence-corrected chi connectivity index (χ0v) is 23.9. The number of carbonyl (C=O) groups is 2. The van der Waals surface area contributed by atoms with Crippen molar-refractivity contribution in [2.24, 2.45) is 0 Å². The minimum absolute atomic E-state index is 0.0888. The number of thiophene rings is 1. The third kappa shape index (κ3) is 6.49. The molecular weight excluding hydrogens is 620 g/mol. The van der Waals surface area contributed by atoms with Gasteiger partial charge < -0.3 is 20.3 Å². The highest BCUT2D eigenvalue weighted by Gasteiger charge is 2.32. The van der Waals surface area contributed by atoms with Gasteiger partial charge in [-0.25, -0.2) is 18.0 Å². The summed E-state index contributed by atoms with van der Waals surface area (Å²) < 4.78 is 34.6. The number of carboxylic acids is 2. The Bertz CT molecular complexity index is 1460. The molecule has 0 aliphatic carbocycles. The number of ether oxygens (including phenoxy) is 1. The van der Waals surface area contributed by atoms with Crippen LogP contribution in [0.5, 0.6) is 5.75 Å². The van der Waals surface area contributed by atoms with E-state index in [9.17, 15) is 23.1 Å². The van der Waals surface area contributed by atoms with E-state index >= 15 is 0 Å². The molecule has 1 fully saturated rings. The Kier molecular flexibility index (Phi) is 8.99. The van der Waals surface area contributed by atoms with E-state index in [1.165, 1.54) is 4.31 Å². The molecule has 38 heavy (non-hydrogen) atoms. The number of nitrogens with one attached hydrogen (secondary N) is 1. The summed E-state index contributed by atoms with van der Waals surface area (Å²) in [5, 5.41) is 22.3. The summed E-state index contributed by atoms with van der Waals surface area (Å²) in [5.74, 6) is -2.83. The number of carboxylic acid groups (broad SMARTS) is 2. The second-order valence-electron chi connectivity index (χ2n) is 8.60. The summed E-state index contributed by atoms with van der Waals surface area (Å²) in [7, 11) is -3.83. The first-order valence-electron chi connectivity index (χ1n) is 11.5. The lowest BCUT2D eigenvalue weighted by Crippen LogP contribution is -2.46. The van der Waals surface area contributed by atoms with Gasteiger partial charge in [0.1, 0.15) is 0 Å². The third-order valence-electron chi connectivity index (χ3n) is 5.88. The molecule has 0 atom stereocenters. The van der Waals surface area contributed by atoms with E-state index in [0.29, 0.717) is 52.6 Å².